The molecule has 0 aromatic heterocycles. The SMILES string of the molecule is CC(C)(C)NCC1=CC=CC1. The number of hydrogen-bond acceptors (Lipinski definition) is 1. The molecule has 0 saturated carbocycles. The van der Waals surface area contributed by atoms with Crippen molar-refractivity contribution in [2.24, 2.45) is 0 Å². The quantitative estimate of drug-likeness (QED) is 0.638. The third-order valence-corrected chi connectivity index (χ3v) is 1.69. The number of hydrogen-bond donors (Lipinski definition) is 1. The Labute approximate surface area is 69.2 Å². The molecule has 0 heterocycles. The summed E-state index contributed by atoms with van der Waals surface area (Å²) in [6, 6.07) is 0. The first kappa shape index (κ1) is 8.54. The summed E-state index contributed by atoms with van der Waals surface area (Å²) in [4.78, 5) is 0. The predicted molar refractivity (Wildman–Crippen MR) is 49.6 cm³/mol. The molecule has 1 rings (SSSR count). The second-order valence-electron chi connectivity index (χ2n) is 4.06. The van der Waals surface area contributed by atoms with Crippen LogP contribution in [0.1, 0.15) is 27.2 Å². The molecule has 0 unspecified atom stereocenters. The average Bonchev–Trinajstić information content (AvgIpc) is 2.32. The molecule has 0 aromatic carbocycles. The van der Waals surface area contributed by atoms with Crippen LogP contribution in [0.4, 0.5) is 0 Å². The molecule has 1 N–H and O–H groups in total. The van der Waals surface area contributed by atoms with Gasteiger partial charge in [-0.15, -0.1) is 0 Å². The number of nitrogens with one attached hydrogen (secondary N) is 1. The molecule has 11 heavy (non-hydrogen) atoms. The van der Waals surface area contributed by atoms with Crippen LogP contribution in [0.15, 0.2) is 23.8 Å². The van der Waals surface area contributed by atoms with Gasteiger partial charge >= 0.3 is 0 Å². The van der Waals surface area contributed by atoms with Crippen molar-refractivity contribution in [3.8, 4) is 0 Å². The highest BCUT2D eigenvalue weighted by atomic mass is 14.9. The lowest BCUT2D eigenvalue weighted by Crippen LogP contribution is -2.36. The van der Waals surface area contributed by atoms with Crippen LogP contribution in [-0.4, -0.2) is 12.1 Å². The molecular weight excluding hydrogens is 134 g/mol. The van der Waals surface area contributed by atoms with E-state index in [4.69, 9.17) is 0 Å². The smallest absolute Gasteiger partial charge is 0.0175 e. The molecule has 0 saturated heterocycles. The number of rotatable bonds is 2. The molecule has 0 atom stereocenters. The van der Waals surface area contributed by atoms with E-state index < -0.39 is 0 Å². The van der Waals surface area contributed by atoms with Crippen LogP contribution in [0.2, 0.25) is 0 Å². The topological polar surface area (TPSA) is 12.0 Å². The summed E-state index contributed by atoms with van der Waals surface area (Å²) in [5, 5.41) is 3.46. The summed E-state index contributed by atoms with van der Waals surface area (Å²) in [5.74, 6) is 0. The van der Waals surface area contributed by atoms with Gasteiger partial charge < -0.3 is 5.32 Å². The first-order valence-corrected chi connectivity index (χ1v) is 4.17. The molecule has 1 nitrogen and oxygen atoms in total. The summed E-state index contributed by atoms with van der Waals surface area (Å²) < 4.78 is 0. The van der Waals surface area contributed by atoms with E-state index in [2.05, 4.69) is 44.3 Å². The van der Waals surface area contributed by atoms with Crippen LogP contribution in [0, 0.1) is 0 Å². The van der Waals surface area contributed by atoms with Crippen molar-refractivity contribution in [3.63, 3.8) is 0 Å². The van der Waals surface area contributed by atoms with Gasteiger partial charge in [0, 0.05) is 12.1 Å². The fourth-order valence-electron chi connectivity index (χ4n) is 1.00. The van der Waals surface area contributed by atoms with Crippen molar-refractivity contribution in [2.45, 2.75) is 32.7 Å². The molecule has 0 fully saturated rings. The van der Waals surface area contributed by atoms with E-state index in [9.17, 15) is 0 Å². The highest BCUT2D eigenvalue weighted by Crippen LogP contribution is 2.10. The van der Waals surface area contributed by atoms with Gasteiger partial charge in [-0.1, -0.05) is 23.8 Å². The Hall–Kier alpha value is -0.560. The second-order valence-corrected chi connectivity index (χ2v) is 4.06. The van der Waals surface area contributed by atoms with Gasteiger partial charge in [-0.05, 0) is 27.2 Å². The molecule has 1 aliphatic carbocycles. The lowest BCUT2D eigenvalue weighted by Gasteiger charge is -2.20. The van der Waals surface area contributed by atoms with Crippen molar-refractivity contribution >= 4 is 0 Å². The highest BCUT2D eigenvalue weighted by molar-refractivity contribution is 5.24. The van der Waals surface area contributed by atoms with Gasteiger partial charge in [0.05, 0.1) is 0 Å². The Morgan fingerprint density at radius 1 is 1.45 bits per heavy atom. The Bertz CT molecular complexity index is 182. The fourth-order valence-corrected chi connectivity index (χ4v) is 1.00. The van der Waals surface area contributed by atoms with Crippen LogP contribution < -0.4 is 5.32 Å². The van der Waals surface area contributed by atoms with E-state index >= 15 is 0 Å². The zero-order valence-corrected chi connectivity index (χ0v) is 7.65. The fraction of sp³-hybridized carbons (Fsp3) is 0.600. The highest BCUT2D eigenvalue weighted by Gasteiger charge is 2.09. The molecule has 0 radical (unpaired) electrons. The maximum absolute atomic E-state index is 3.46. The van der Waals surface area contributed by atoms with Crippen molar-refractivity contribution in [1.29, 1.82) is 0 Å². The van der Waals surface area contributed by atoms with Crippen molar-refractivity contribution in [3.05, 3.63) is 23.8 Å². The largest absolute Gasteiger partial charge is 0.308 e. The first-order valence-electron chi connectivity index (χ1n) is 4.17. The van der Waals surface area contributed by atoms with Gasteiger partial charge in [0.25, 0.3) is 0 Å². The standard InChI is InChI=1S/C10H17N/c1-10(2,3)11-8-9-6-4-5-7-9/h4-6,11H,7-8H2,1-3H3. The van der Waals surface area contributed by atoms with Crippen LogP contribution in [0.3, 0.4) is 0 Å². The summed E-state index contributed by atoms with van der Waals surface area (Å²) >= 11 is 0. The summed E-state index contributed by atoms with van der Waals surface area (Å²) in [5.41, 5.74) is 1.73. The Morgan fingerprint density at radius 2 is 2.18 bits per heavy atom. The van der Waals surface area contributed by atoms with E-state index in [0.29, 0.717) is 0 Å². The lowest BCUT2D eigenvalue weighted by molar-refractivity contribution is 0.443. The molecule has 0 bridgehead atoms. The van der Waals surface area contributed by atoms with Gasteiger partial charge in [0.2, 0.25) is 0 Å². The third kappa shape index (κ3) is 3.38. The Morgan fingerprint density at radius 3 is 2.64 bits per heavy atom. The van der Waals surface area contributed by atoms with Gasteiger partial charge in [-0.2, -0.15) is 0 Å². The minimum absolute atomic E-state index is 0.240. The van der Waals surface area contributed by atoms with E-state index in [1.165, 1.54) is 5.57 Å². The minimum Gasteiger partial charge on any atom is -0.308 e. The molecular formula is C10H17N. The first-order chi connectivity index (χ1) is 5.08. The van der Waals surface area contributed by atoms with Crippen molar-refractivity contribution < 1.29 is 0 Å². The van der Waals surface area contributed by atoms with Gasteiger partial charge in [-0.3, -0.25) is 0 Å². The zero-order valence-electron chi connectivity index (χ0n) is 7.65. The van der Waals surface area contributed by atoms with Crippen molar-refractivity contribution in [2.75, 3.05) is 6.54 Å². The molecule has 1 aliphatic rings. The zero-order chi connectivity index (χ0) is 8.32. The van der Waals surface area contributed by atoms with Crippen LogP contribution in [0.5, 0.6) is 0 Å². The summed E-state index contributed by atoms with van der Waals surface area (Å²) in [7, 11) is 0. The third-order valence-electron chi connectivity index (χ3n) is 1.69. The van der Waals surface area contributed by atoms with Crippen LogP contribution >= 0.6 is 0 Å². The van der Waals surface area contributed by atoms with E-state index in [1.54, 1.807) is 0 Å². The number of allylic oxidation sites excluding steroid dienone is 3. The molecule has 0 aliphatic heterocycles. The lowest BCUT2D eigenvalue weighted by atomic mass is 10.1. The van der Waals surface area contributed by atoms with Crippen LogP contribution in [-0.2, 0) is 0 Å². The molecule has 0 spiro atoms. The second kappa shape index (κ2) is 3.22. The minimum atomic E-state index is 0.240. The van der Waals surface area contributed by atoms with Gasteiger partial charge in [0.1, 0.15) is 0 Å². The van der Waals surface area contributed by atoms with Crippen molar-refractivity contribution in [1.82, 2.24) is 5.32 Å². The molecule has 0 aromatic rings. The predicted octanol–water partition coefficient (Wildman–Crippen LogP) is 2.26. The van der Waals surface area contributed by atoms with E-state index in [0.717, 1.165) is 13.0 Å². The summed E-state index contributed by atoms with van der Waals surface area (Å²) in [6.07, 6.45) is 7.64. The van der Waals surface area contributed by atoms with E-state index in [-0.39, 0.29) is 5.54 Å². The van der Waals surface area contributed by atoms with E-state index in [1.807, 2.05) is 0 Å². The average molecular weight is 151 g/mol. The Balaban J connectivity index is 2.23. The molecule has 62 valence electrons. The molecule has 1 heteroatoms. The maximum atomic E-state index is 3.46. The Kier molecular flexibility index (Phi) is 2.50. The van der Waals surface area contributed by atoms with Crippen LogP contribution in [0.25, 0.3) is 0 Å². The van der Waals surface area contributed by atoms with Gasteiger partial charge in [-0.25, -0.2) is 0 Å². The molecule has 0 amide bonds. The maximum Gasteiger partial charge on any atom is 0.0175 e. The monoisotopic (exact) mass is 151 g/mol. The summed E-state index contributed by atoms with van der Waals surface area (Å²) in [6.45, 7) is 7.60. The van der Waals surface area contributed by atoms with Gasteiger partial charge in [0.15, 0.2) is 0 Å². The normalized spacial score (nSPS) is 17.2.